The van der Waals surface area contributed by atoms with Gasteiger partial charge in [0.2, 0.25) is 5.91 Å². The maximum Gasteiger partial charge on any atom is 0.251 e. The third-order valence-corrected chi connectivity index (χ3v) is 4.65. The summed E-state index contributed by atoms with van der Waals surface area (Å²) in [6.07, 6.45) is 2.75. The second-order valence-electron chi connectivity index (χ2n) is 6.88. The van der Waals surface area contributed by atoms with Crippen LogP contribution in [-0.4, -0.2) is 39.1 Å². The Morgan fingerprint density at radius 3 is 2.23 bits per heavy atom. The van der Waals surface area contributed by atoms with Crippen LogP contribution < -0.4 is 5.32 Å². The molecule has 0 aliphatic carbocycles. The van der Waals surface area contributed by atoms with Gasteiger partial charge in [0.05, 0.1) is 0 Å². The van der Waals surface area contributed by atoms with E-state index in [1.165, 1.54) is 48.4 Å². The average Bonchev–Trinajstić information content (AvgIpc) is 2.76. The number of carbonyl (C=O) groups excluding carboxylic acids is 2. The number of benzene rings is 3. The van der Waals surface area contributed by atoms with Crippen molar-refractivity contribution >= 4 is 23.6 Å². The SMILES string of the molecule is CN(C(=O)/C=C/c1ccc(O)c(O)c1)[C@H](C(=O)Nc1ccccc1)c1ccc(O)cc1. The molecule has 7 heteroatoms. The average molecular weight is 418 g/mol. The van der Waals surface area contributed by atoms with Crippen molar-refractivity contribution < 1.29 is 24.9 Å². The minimum atomic E-state index is -0.953. The predicted octanol–water partition coefficient (Wildman–Crippen LogP) is 3.66. The van der Waals surface area contributed by atoms with Gasteiger partial charge in [0, 0.05) is 18.8 Å². The topological polar surface area (TPSA) is 110 Å². The summed E-state index contributed by atoms with van der Waals surface area (Å²) in [7, 11) is 1.50. The summed E-state index contributed by atoms with van der Waals surface area (Å²) < 4.78 is 0. The van der Waals surface area contributed by atoms with Gasteiger partial charge in [-0.1, -0.05) is 36.4 Å². The summed E-state index contributed by atoms with van der Waals surface area (Å²) in [6.45, 7) is 0. The van der Waals surface area contributed by atoms with E-state index >= 15 is 0 Å². The summed E-state index contributed by atoms with van der Waals surface area (Å²) in [5.41, 5.74) is 1.62. The number of hydrogen-bond acceptors (Lipinski definition) is 5. The molecule has 0 radical (unpaired) electrons. The van der Waals surface area contributed by atoms with Crippen LogP contribution in [0.5, 0.6) is 17.2 Å². The van der Waals surface area contributed by atoms with Gasteiger partial charge >= 0.3 is 0 Å². The highest BCUT2D eigenvalue weighted by Crippen LogP contribution is 2.26. The highest BCUT2D eigenvalue weighted by molar-refractivity contribution is 6.00. The molecule has 0 aliphatic rings. The van der Waals surface area contributed by atoms with Crippen LogP contribution in [0.25, 0.3) is 6.08 Å². The van der Waals surface area contributed by atoms with Crippen LogP contribution in [0.1, 0.15) is 17.2 Å². The standard InChI is InChI=1S/C24H22N2O5/c1-26(22(30)14-8-16-7-13-20(28)21(29)15-16)23(17-9-11-19(27)12-10-17)24(31)25-18-5-3-2-4-6-18/h2-15,23,27-29H,1H3,(H,25,31)/b14-8+/t23-/m0/s1. The summed E-state index contributed by atoms with van der Waals surface area (Å²) in [6, 6.07) is 18.2. The summed E-state index contributed by atoms with van der Waals surface area (Å²) >= 11 is 0. The predicted molar refractivity (Wildman–Crippen MR) is 117 cm³/mol. The molecular weight excluding hydrogens is 396 g/mol. The highest BCUT2D eigenvalue weighted by Gasteiger charge is 2.28. The zero-order chi connectivity index (χ0) is 22.4. The molecule has 3 rings (SSSR count). The van der Waals surface area contributed by atoms with Gasteiger partial charge in [-0.25, -0.2) is 0 Å². The maximum atomic E-state index is 13.0. The smallest absolute Gasteiger partial charge is 0.251 e. The summed E-state index contributed by atoms with van der Waals surface area (Å²) in [4.78, 5) is 27.1. The van der Waals surface area contributed by atoms with E-state index in [2.05, 4.69) is 5.32 Å². The van der Waals surface area contributed by atoms with Gasteiger partial charge < -0.3 is 25.5 Å². The molecule has 4 N–H and O–H groups in total. The molecule has 0 fully saturated rings. The van der Waals surface area contributed by atoms with Crippen LogP contribution in [0, 0.1) is 0 Å². The number of carbonyl (C=O) groups is 2. The fourth-order valence-corrected chi connectivity index (χ4v) is 3.00. The first-order valence-electron chi connectivity index (χ1n) is 9.47. The number of anilines is 1. The van der Waals surface area contributed by atoms with E-state index in [0.29, 0.717) is 16.8 Å². The molecule has 0 saturated carbocycles. The van der Waals surface area contributed by atoms with E-state index in [9.17, 15) is 24.9 Å². The van der Waals surface area contributed by atoms with Crippen LogP contribution in [-0.2, 0) is 9.59 Å². The number of amides is 2. The highest BCUT2D eigenvalue weighted by atomic mass is 16.3. The van der Waals surface area contributed by atoms with Crippen molar-refractivity contribution in [2.75, 3.05) is 12.4 Å². The van der Waals surface area contributed by atoms with Crippen molar-refractivity contribution in [3.05, 3.63) is 90.0 Å². The Labute approximate surface area is 179 Å². The van der Waals surface area contributed by atoms with E-state index in [-0.39, 0.29) is 17.2 Å². The van der Waals surface area contributed by atoms with Crippen molar-refractivity contribution in [3.8, 4) is 17.2 Å². The van der Waals surface area contributed by atoms with Gasteiger partial charge in [0.25, 0.3) is 5.91 Å². The molecule has 0 heterocycles. The molecule has 158 valence electrons. The molecule has 0 aliphatic heterocycles. The minimum Gasteiger partial charge on any atom is -0.508 e. The van der Waals surface area contributed by atoms with E-state index < -0.39 is 17.9 Å². The van der Waals surface area contributed by atoms with Crippen LogP contribution in [0.3, 0.4) is 0 Å². The van der Waals surface area contributed by atoms with Gasteiger partial charge in [0.15, 0.2) is 11.5 Å². The number of phenols is 3. The number of nitrogens with zero attached hydrogens (tertiary/aromatic N) is 1. The van der Waals surface area contributed by atoms with Crippen molar-refractivity contribution in [2.24, 2.45) is 0 Å². The summed E-state index contributed by atoms with van der Waals surface area (Å²) in [5.74, 6) is -1.37. The third-order valence-electron chi connectivity index (χ3n) is 4.65. The lowest BCUT2D eigenvalue weighted by Gasteiger charge is -2.27. The zero-order valence-electron chi connectivity index (χ0n) is 16.8. The van der Waals surface area contributed by atoms with E-state index in [1.807, 2.05) is 6.07 Å². The molecule has 0 spiro atoms. The normalized spacial score (nSPS) is 11.8. The number of aromatic hydroxyl groups is 3. The molecule has 0 saturated heterocycles. The maximum absolute atomic E-state index is 13.0. The number of hydrogen-bond donors (Lipinski definition) is 4. The molecule has 7 nitrogen and oxygen atoms in total. The Morgan fingerprint density at radius 1 is 0.903 bits per heavy atom. The first-order chi connectivity index (χ1) is 14.8. The van der Waals surface area contributed by atoms with Crippen molar-refractivity contribution in [2.45, 2.75) is 6.04 Å². The Balaban J connectivity index is 1.85. The van der Waals surface area contributed by atoms with Gasteiger partial charge in [-0.05, 0) is 53.6 Å². The second kappa shape index (κ2) is 9.49. The Bertz CT molecular complexity index is 1090. The van der Waals surface area contributed by atoms with Crippen LogP contribution in [0.2, 0.25) is 0 Å². The largest absolute Gasteiger partial charge is 0.508 e. The number of nitrogens with one attached hydrogen (secondary N) is 1. The fraction of sp³-hybridized carbons (Fsp3) is 0.0833. The fourth-order valence-electron chi connectivity index (χ4n) is 3.00. The lowest BCUT2D eigenvalue weighted by Crippen LogP contribution is -2.37. The third kappa shape index (κ3) is 5.42. The first-order valence-corrected chi connectivity index (χ1v) is 9.47. The van der Waals surface area contributed by atoms with E-state index in [1.54, 1.807) is 42.5 Å². The minimum absolute atomic E-state index is 0.0481. The molecule has 0 bridgehead atoms. The Hall–Kier alpha value is -4.26. The molecule has 31 heavy (non-hydrogen) atoms. The summed E-state index contributed by atoms with van der Waals surface area (Å²) in [5, 5.41) is 31.4. The molecule has 3 aromatic rings. The lowest BCUT2D eigenvalue weighted by atomic mass is 10.0. The number of phenolic OH excluding ortho intramolecular Hbond substituents is 3. The van der Waals surface area contributed by atoms with Crippen LogP contribution in [0.4, 0.5) is 5.69 Å². The molecule has 0 aromatic heterocycles. The lowest BCUT2D eigenvalue weighted by molar-refractivity contribution is -0.133. The van der Waals surface area contributed by atoms with Crippen molar-refractivity contribution in [1.29, 1.82) is 0 Å². The van der Waals surface area contributed by atoms with Crippen molar-refractivity contribution in [1.82, 2.24) is 4.90 Å². The van der Waals surface area contributed by atoms with Gasteiger partial charge in [-0.2, -0.15) is 0 Å². The number of likely N-dealkylation sites (N-methyl/N-ethyl adjacent to an activating group) is 1. The van der Waals surface area contributed by atoms with Gasteiger partial charge in [-0.3, -0.25) is 9.59 Å². The Morgan fingerprint density at radius 2 is 1.58 bits per heavy atom. The van der Waals surface area contributed by atoms with Gasteiger partial charge in [0.1, 0.15) is 11.8 Å². The Kier molecular flexibility index (Phi) is 6.57. The van der Waals surface area contributed by atoms with Gasteiger partial charge in [-0.15, -0.1) is 0 Å². The molecule has 3 aromatic carbocycles. The number of rotatable bonds is 6. The molecule has 2 amide bonds. The quantitative estimate of drug-likeness (QED) is 0.361. The van der Waals surface area contributed by atoms with Crippen LogP contribution >= 0.6 is 0 Å². The van der Waals surface area contributed by atoms with E-state index in [4.69, 9.17) is 0 Å². The monoisotopic (exact) mass is 418 g/mol. The molecule has 0 unspecified atom stereocenters. The first kappa shape index (κ1) is 21.4. The zero-order valence-corrected chi connectivity index (χ0v) is 16.8. The van der Waals surface area contributed by atoms with Crippen LogP contribution in [0.15, 0.2) is 78.9 Å². The molecular formula is C24H22N2O5. The molecule has 1 atom stereocenters. The number of para-hydroxylation sites is 1. The van der Waals surface area contributed by atoms with E-state index in [0.717, 1.165) is 0 Å². The van der Waals surface area contributed by atoms with Crippen molar-refractivity contribution in [3.63, 3.8) is 0 Å². The second-order valence-corrected chi connectivity index (χ2v) is 6.88.